The first kappa shape index (κ1) is 16.6. The lowest BCUT2D eigenvalue weighted by atomic mass is 10.0. The highest BCUT2D eigenvalue weighted by molar-refractivity contribution is 6.24. The van der Waals surface area contributed by atoms with E-state index in [0.717, 1.165) is 12.8 Å². The molecule has 0 saturated heterocycles. The van der Waals surface area contributed by atoms with Gasteiger partial charge in [-0.05, 0) is 25.7 Å². The summed E-state index contributed by atoms with van der Waals surface area (Å²) in [4.78, 5) is 33.1. The number of hydrogen-bond donors (Lipinski definition) is 1. The second-order valence-electron chi connectivity index (χ2n) is 6.97. The van der Waals surface area contributed by atoms with Gasteiger partial charge in [-0.25, -0.2) is 0 Å². The summed E-state index contributed by atoms with van der Waals surface area (Å²) >= 11 is 0. The number of aryl methyl sites for hydroxylation is 1. The van der Waals surface area contributed by atoms with Crippen LogP contribution in [0.1, 0.15) is 37.8 Å². The molecule has 1 aromatic heterocycles. The largest absolute Gasteiger partial charge is 0.310 e. The summed E-state index contributed by atoms with van der Waals surface area (Å²) in [7, 11) is 1.73. The molecule has 1 aromatic rings. The summed E-state index contributed by atoms with van der Waals surface area (Å²) < 4.78 is 1.41. The Morgan fingerprint density at radius 2 is 2.08 bits per heavy atom. The van der Waals surface area contributed by atoms with E-state index in [2.05, 4.69) is 25.5 Å². The number of nitrogens with one attached hydrogen (secondary N) is 1. The molecule has 0 spiro atoms. The average Bonchev–Trinajstić information content (AvgIpc) is 3.30. The SMILES string of the molecule is Cc1cc(NC(=O)CC2CCCC2)n(C2=NC(=O)C3C=NN(C)C3=N2)n1. The van der Waals surface area contributed by atoms with E-state index in [4.69, 9.17) is 0 Å². The molecule has 1 unspecified atom stereocenters. The molecular weight excluding hydrogens is 334 g/mol. The topological polar surface area (TPSA) is 104 Å². The fraction of sp³-hybridized carbons (Fsp3) is 0.529. The Labute approximate surface area is 150 Å². The average molecular weight is 355 g/mol. The molecule has 3 aliphatic rings. The first-order chi connectivity index (χ1) is 12.5. The number of hydrazone groups is 1. The number of amides is 2. The number of nitrogens with zero attached hydrogens (tertiary/aromatic N) is 6. The quantitative estimate of drug-likeness (QED) is 0.885. The van der Waals surface area contributed by atoms with Gasteiger partial charge in [0.25, 0.3) is 11.9 Å². The molecule has 9 nitrogen and oxygen atoms in total. The summed E-state index contributed by atoms with van der Waals surface area (Å²) in [5.74, 6) is 0.648. The molecule has 26 heavy (non-hydrogen) atoms. The third-order valence-corrected chi connectivity index (χ3v) is 4.93. The molecule has 1 fully saturated rings. The highest BCUT2D eigenvalue weighted by Crippen LogP contribution is 2.28. The molecule has 0 radical (unpaired) electrons. The maximum atomic E-state index is 12.4. The lowest BCUT2D eigenvalue weighted by Crippen LogP contribution is -2.35. The molecule has 1 atom stereocenters. The van der Waals surface area contributed by atoms with E-state index >= 15 is 0 Å². The normalized spacial score (nSPS) is 22.5. The molecule has 9 heteroatoms. The van der Waals surface area contributed by atoms with Crippen LogP contribution in [0.3, 0.4) is 0 Å². The lowest BCUT2D eigenvalue weighted by molar-refractivity contribution is -0.118. The van der Waals surface area contributed by atoms with E-state index in [1.807, 2.05) is 6.92 Å². The fourth-order valence-electron chi connectivity index (χ4n) is 3.61. The van der Waals surface area contributed by atoms with Gasteiger partial charge in [0.2, 0.25) is 5.91 Å². The van der Waals surface area contributed by atoms with E-state index in [0.29, 0.717) is 29.7 Å². The fourth-order valence-corrected chi connectivity index (χ4v) is 3.61. The monoisotopic (exact) mass is 355 g/mol. The highest BCUT2D eigenvalue weighted by Gasteiger charge is 2.35. The van der Waals surface area contributed by atoms with Crippen molar-refractivity contribution in [2.75, 3.05) is 12.4 Å². The summed E-state index contributed by atoms with van der Waals surface area (Å²) in [6.45, 7) is 1.81. The molecule has 2 aliphatic heterocycles. The van der Waals surface area contributed by atoms with Crippen LogP contribution in [0.25, 0.3) is 0 Å². The van der Waals surface area contributed by atoms with E-state index in [-0.39, 0.29) is 17.8 Å². The van der Waals surface area contributed by atoms with Crippen LogP contribution < -0.4 is 5.32 Å². The molecule has 0 bridgehead atoms. The first-order valence-electron chi connectivity index (χ1n) is 8.87. The van der Waals surface area contributed by atoms with Gasteiger partial charge >= 0.3 is 0 Å². The van der Waals surface area contributed by atoms with E-state index < -0.39 is 5.92 Å². The number of anilines is 1. The van der Waals surface area contributed by atoms with Gasteiger partial charge in [0, 0.05) is 25.7 Å². The molecular formula is C17H21N7O2. The third kappa shape index (κ3) is 3.04. The number of carbonyl (C=O) groups excluding carboxylic acids is 2. The van der Waals surface area contributed by atoms with Crippen molar-refractivity contribution in [1.82, 2.24) is 14.8 Å². The molecule has 2 amide bonds. The van der Waals surface area contributed by atoms with Crippen molar-refractivity contribution >= 4 is 35.6 Å². The summed E-state index contributed by atoms with van der Waals surface area (Å²) in [6, 6.07) is 1.75. The number of aliphatic imine (C=N–C) groups is 2. The standard InChI is InChI=1S/C17H21N7O2/c1-10-7-13(19-14(25)8-11-5-3-4-6-11)24(22-10)17-20-15-12(16(26)21-17)9-18-23(15)2/h7,9,11-12H,3-6,8H2,1-2H3,(H,19,25). The second kappa shape index (κ2) is 6.47. The number of aromatic nitrogens is 2. The summed E-state index contributed by atoms with van der Waals surface area (Å²) in [5, 5.41) is 12.9. The van der Waals surface area contributed by atoms with Gasteiger partial charge in [-0.1, -0.05) is 12.8 Å². The van der Waals surface area contributed by atoms with E-state index in [9.17, 15) is 9.59 Å². The Bertz CT molecular complexity index is 845. The molecule has 1 aliphatic carbocycles. The minimum Gasteiger partial charge on any atom is -0.310 e. The molecule has 136 valence electrons. The van der Waals surface area contributed by atoms with Gasteiger partial charge in [-0.2, -0.15) is 24.9 Å². The summed E-state index contributed by atoms with van der Waals surface area (Å²) in [6.07, 6.45) is 6.63. The van der Waals surface area contributed by atoms with Crippen molar-refractivity contribution in [3.63, 3.8) is 0 Å². The van der Waals surface area contributed by atoms with Crippen molar-refractivity contribution in [2.45, 2.75) is 39.0 Å². The predicted molar refractivity (Wildman–Crippen MR) is 97.2 cm³/mol. The Balaban J connectivity index is 1.57. The predicted octanol–water partition coefficient (Wildman–Crippen LogP) is 1.40. The van der Waals surface area contributed by atoms with Crippen LogP contribution >= 0.6 is 0 Å². The Hall–Kier alpha value is -2.84. The smallest absolute Gasteiger partial charge is 0.265 e. The minimum atomic E-state index is -0.541. The number of amidine groups is 1. The zero-order valence-electron chi connectivity index (χ0n) is 14.8. The maximum absolute atomic E-state index is 12.4. The molecule has 3 heterocycles. The first-order valence-corrected chi connectivity index (χ1v) is 8.87. The van der Waals surface area contributed by atoms with Crippen molar-refractivity contribution in [2.24, 2.45) is 26.9 Å². The third-order valence-electron chi connectivity index (χ3n) is 4.93. The van der Waals surface area contributed by atoms with Gasteiger partial charge < -0.3 is 5.32 Å². The molecule has 0 aromatic carbocycles. The lowest BCUT2D eigenvalue weighted by Gasteiger charge is -2.17. The van der Waals surface area contributed by atoms with Crippen LogP contribution in [-0.2, 0) is 9.59 Å². The number of fused-ring (bicyclic) bond motifs is 1. The summed E-state index contributed by atoms with van der Waals surface area (Å²) in [5.41, 5.74) is 0.703. The number of carbonyl (C=O) groups is 2. The van der Waals surface area contributed by atoms with E-state index in [1.165, 1.54) is 23.7 Å². The van der Waals surface area contributed by atoms with Crippen LogP contribution in [0.15, 0.2) is 21.2 Å². The minimum absolute atomic E-state index is 0.0485. The van der Waals surface area contributed by atoms with Crippen LogP contribution in [0.2, 0.25) is 0 Å². The van der Waals surface area contributed by atoms with E-state index in [1.54, 1.807) is 18.1 Å². The Morgan fingerprint density at radius 3 is 2.85 bits per heavy atom. The van der Waals surface area contributed by atoms with Gasteiger partial charge in [0.05, 0.1) is 5.69 Å². The highest BCUT2D eigenvalue weighted by atomic mass is 16.2. The molecule has 1 saturated carbocycles. The zero-order chi connectivity index (χ0) is 18.3. The molecule has 1 N–H and O–H groups in total. The van der Waals surface area contributed by atoms with Crippen molar-refractivity contribution in [3.8, 4) is 0 Å². The van der Waals surface area contributed by atoms with Gasteiger partial charge in [0.15, 0.2) is 0 Å². The van der Waals surface area contributed by atoms with Crippen molar-refractivity contribution in [3.05, 3.63) is 11.8 Å². The Kier molecular flexibility index (Phi) is 4.14. The number of rotatable bonds is 3. The van der Waals surface area contributed by atoms with Gasteiger partial charge in [-0.3, -0.25) is 14.6 Å². The Morgan fingerprint density at radius 1 is 1.31 bits per heavy atom. The van der Waals surface area contributed by atoms with Crippen LogP contribution in [-0.4, -0.2) is 51.7 Å². The van der Waals surface area contributed by atoms with Crippen LogP contribution in [0.4, 0.5) is 5.82 Å². The van der Waals surface area contributed by atoms with Crippen LogP contribution in [0.5, 0.6) is 0 Å². The maximum Gasteiger partial charge on any atom is 0.265 e. The second-order valence-corrected chi connectivity index (χ2v) is 6.97. The van der Waals surface area contributed by atoms with Crippen molar-refractivity contribution in [1.29, 1.82) is 0 Å². The molecule has 4 rings (SSSR count). The van der Waals surface area contributed by atoms with Crippen LogP contribution in [0, 0.1) is 18.8 Å². The van der Waals surface area contributed by atoms with Gasteiger partial charge in [-0.15, -0.1) is 0 Å². The number of hydrogen-bond acceptors (Lipinski definition) is 6. The zero-order valence-corrected chi connectivity index (χ0v) is 14.8. The van der Waals surface area contributed by atoms with Crippen molar-refractivity contribution < 1.29 is 9.59 Å². The van der Waals surface area contributed by atoms with Gasteiger partial charge in [0.1, 0.15) is 17.6 Å².